The number of ether oxygens (including phenoxy) is 1. The number of nitrogens with zero attached hydrogens (tertiary/aromatic N) is 2. The summed E-state index contributed by atoms with van der Waals surface area (Å²) >= 11 is -1.48. The number of hydrogen-bond acceptors (Lipinski definition) is 4. The highest BCUT2D eigenvalue weighted by molar-refractivity contribution is 7.85. The Bertz CT molecular complexity index is 644. The molecule has 0 spiro atoms. The Morgan fingerprint density at radius 2 is 2.17 bits per heavy atom. The van der Waals surface area contributed by atoms with E-state index in [-0.39, 0.29) is 11.9 Å². The highest BCUT2D eigenvalue weighted by atomic mass is 32.2. The number of amidine groups is 1. The third kappa shape index (κ3) is 4.38. The monoisotopic (exact) mass is 353 g/mol. The van der Waals surface area contributed by atoms with Crippen LogP contribution in [0.25, 0.3) is 0 Å². The number of carbonyl (C=O) groups is 1. The summed E-state index contributed by atoms with van der Waals surface area (Å²) in [5.74, 6) is 0.850. The van der Waals surface area contributed by atoms with Crippen molar-refractivity contribution >= 4 is 28.7 Å². The minimum absolute atomic E-state index is 0.0972. The van der Waals surface area contributed by atoms with E-state index in [9.17, 15) is 9.00 Å². The molecule has 8 nitrogen and oxygen atoms in total. The predicted molar refractivity (Wildman–Crippen MR) is 95.4 cm³/mol. The van der Waals surface area contributed by atoms with E-state index in [0.29, 0.717) is 17.0 Å². The van der Waals surface area contributed by atoms with Crippen LogP contribution in [-0.4, -0.2) is 47.7 Å². The van der Waals surface area contributed by atoms with Crippen LogP contribution >= 0.6 is 0 Å². The second-order valence-electron chi connectivity index (χ2n) is 5.24. The molecule has 0 saturated carbocycles. The lowest BCUT2D eigenvalue weighted by molar-refractivity contribution is 0.209. The van der Waals surface area contributed by atoms with Gasteiger partial charge in [-0.2, -0.15) is 4.40 Å². The summed E-state index contributed by atoms with van der Waals surface area (Å²) in [6.45, 7) is 4.54. The van der Waals surface area contributed by atoms with Crippen molar-refractivity contribution in [3.05, 3.63) is 23.8 Å². The molecule has 1 saturated heterocycles. The Kier molecular flexibility index (Phi) is 6.42. The lowest BCUT2D eigenvalue weighted by atomic mass is 10.1. The standard InChI is InChI=1S/C8H9N3O2S.C7H14N2O/c1-13-6-4-2-3-5-7(6)8(9)11-14(12)10-5;1-2-8-7(10)9-5-3-4-6-9/h2-4,10H,1H3,(H2,9,11);2-6H2,1H3,(H,8,10). The Labute approximate surface area is 144 Å². The first-order valence-corrected chi connectivity index (χ1v) is 8.90. The zero-order valence-electron chi connectivity index (χ0n) is 13.9. The molecule has 2 aliphatic rings. The number of rotatable bonds is 2. The van der Waals surface area contributed by atoms with Crippen molar-refractivity contribution in [1.82, 2.24) is 10.2 Å². The van der Waals surface area contributed by atoms with E-state index in [2.05, 4.69) is 14.4 Å². The van der Waals surface area contributed by atoms with Gasteiger partial charge in [0.1, 0.15) is 11.6 Å². The normalized spacial score (nSPS) is 18.5. The number of nitrogens with one attached hydrogen (secondary N) is 2. The van der Waals surface area contributed by atoms with Gasteiger partial charge in [-0.25, -0.2) is 9.00 Å². The largest absolute Gasteiger partial charge is 0.496 e. The van der Waals surface area contributed by atoms with Crippen molar-refractivity contribution in [2.24, 2.45) is 10.1 Å². The number of anilines is 1. The molecule has 132 valence electrons. The molecule has 1 aromatic carbocycles. The molecule has 0 bridgehead atoms. The molecule has 0 aromatic heterocycles. The molecule has 2 heterocycles. The Hall–Kier alpha value is -2.29. The number of urea groups is 1. The SMILES string of the molecule is CCNC(=O)N1CCCC1.COc1cccc2c1C(N)=NS(=O)N2. The maximum atomic E-state index is 11.1. The first-order chi connectivity index (χ1) is 11.6. The molecule has 24 heavy (non-hydrogen) atoms. The fourth-order valence-corrected chi connectivity index (χ4v) is 3.16. The number of amides is 2. The van der Waals surface area contributed by atoms with Crippen LogP contribution in [0.3, 0.4) is 0 Å². The molecule has 2 aliphatic heterocycles. The van der Waals surface area contributed by atoms with Crippen molar-refractivity contribution in [1.29, 1.82) is 0 Å². The van der Waals surface area contributed by atoms with Crippen molar-refractivity contribution in [2.45, 2.75) is 19.8 Å². The van der Waals surface area contributed by atoms with Crippen molar-refractivity contribution in [2.75, 3.05) is 31.5 Å². The van der Waals surface area contributed by atoms with Gasteiger partial charge < -0.3 is 20.7 Å². The maximum absolute atomic E-state index is 11.1. The van der Waals surface area contributed by atoms with Crippen LogP contribution in [0.15, 0.2) is 22.6 Å². The first-order valence-electron chi connectivity index (χ1n) is 7.79. The van der Waals surface area contributed by atoms with Gasteiger partial charge in [0.2, 0.25) is 11.2 Å². The molecular weight excluding hydrogens is 330 g/mol. The molecule has 1 atom stereocenters. The lowest BCUT2D eigenvalue weighted by Crippen LogP contribution is -2.37. The minimum atomic E-state index is -1.48. The van der Waals surface area contributed by atoms with Crippen molar-refractivity contribution in [3.8, 4) is 5.75 Å². The quantitative estimate of drug-likeness (QED) is 0.742. The van der Waals surface area contributed by atoms with E-state index < -0.39 is 11.2 Å². The summed E-state index contributed by atoms with van der Waals surface area (Å²) in [5.41, 5.74) is 6.99. The summed E-state index contributed by atoms with van der Waals surface area (Å²) in [6.07, 6.45) is 2.33. The molecule has 0 radical (unpaired) electrons. The molecule has 3 rings (SSSR count). The number of nitrogens with two attached hydrogens (primary N) is 1. The third-order valence-corrected chi connectivity index (χ3v) is 4.36. The fourth-order valence-electron chi connectivity index (χ4n) is 2.49. The van der Waals surface area contributed by atoms with Gasteiger partial charge in [0.25, 0.3) is 0 Å². The summed E-state index contributed by atoms with van der Waals surface area (Å²) in [4.78, 5) is 12.9. The average molecular weight is 353 g/mol. The Morgan fingerprint density at radius 1 is 1.46 bits per heavy atom. The maximum Gasteiger partial charge on any atom is 0.317 e. The number of fused-ring (bicyclic) bond motifs is 1. The van der Waals surface area contributed by atoms with Crippen LogP contribution in [0.4, 0.5) is 10.5 Å². The highest BCUT2D eigenvalue weighted by Crippen LogP contribution is 2.28. The first kappa shape index (κ1) is 18.1. The number of carbonyl (C=O) groups excluding carboxylic acids is 1. The summed E-state index contributed by atoms with van der Waals surface area (Å²) in [5, 5.41) is 2.77. The van der Waals surface area contributed by atoms with Gasteiger partial charge in [-0.15, -0.1) is 0 Å². The highest BCUT2D eigenvalue weighted by Gasteiger charge is 2.19. The topological polar surface area (TPSA) is 109 Å². The van der Waals surface area contributed by atoms with Gasteiger partial charge in [-0.3, -0.25) is 4.72 Å². The smallest absolute Gasteiger partial charge is 0.317 e. The molecule has 9 heteroatoms. The second kappa shape index (κ2) is 8.53. The van der Waals surface area contributed by atoms with E-state index in [1.54, 1.807) is 25.3 Å². The van der Waals surface area contributed by atoms with Gasteiger partial charge in [0, 0.05) is 19.6 Å². The van der Waals surface area contributed by atoms with E-state index in [0.717, 1.165) is 32.5 Å². The number of likely N-dealkylation sites (tertiary alicyclic amines) is 1. The third-order valence-electron chi connectivity index (χ3n) is 3.60. The van der Waals surface area contributed by atoms with Crippen LogP contribution < -0.4 is 20.5 Å². The van der Waals surface area contributed by atoms with Gasteiger partial charge >= 0.3 is 6.03 Å². The van der Waals surface area contributed by atoms with Gasteiger partial charge in [0.15, 0.2) is 0 Å². The Morgan fingerprint density at radius 3 is 2.79 bits per heavy atom. The molecule has 0 aliphatic carbocycles. The zero-order valence-corrected chi connectivity index (χ0v) is 14.7. The average Bonchev–Trinajstić information content (AvgIpc) is 3.09. The van der Waals surface area contributed by atoms with E-state index in [4.69, 9.17) is 10.5 Å². The predicted octanol–water partition coefficient (Wildman–Crippen LogP) is 1.22. The molecule has 4 N–H and O–H groups in total. The minimum Gasteiger partial charge on any atom is -0.496 e. The van der Waals surface area contributed by atoms with Crippen LogP contribution in [0.1, 0.15) is 25.3 Å². The number of methoxy groups -OCH3 is 1. The van der Waals surface area contributed by atoms with Crippen molar-refractivity contribution < 1.29 is 13.7 Å². The molecule has 1 aromatic rings. The molecule has 2 amide bonds. The van der Waals surface area contributed by atoms with Crippen LogP contribution in [0, 0.1) is 0 Å². The fraction of sp³-hybridized carbons (Fsp3) is 0.467. The zero-order chi connectivity index (χ0) is 17.5. The second-order valence-corrected chi connectivity index (χ2v) is 6.13. The molecule has 1 fully saturated rings. The van der Waals surface area contributed by atoms with E-state index >= 15 is 0 Å². The van der Waals surface area contributed by atoms with Gasteiger partial charge in [-0.1, -0.05) is 6.07 Å². The summed E-state index contributed by atoms with van der Waals surface area (Å²) in [6, 6.07) is 5.44. The van der Waals surface area contributed by atoms with Crippen LogP contribution in [-0.2, 0) is 11.2 Å². The van der Waals surface area contributed by atoms with E-state index in [1.807, 2.05) is 11.8 Å². The molecular formula is C15H23N5O3S. The summed E-state index contributed by atoms with van der Waals surface area (Å²) < 4.78 is 22.6. The Balaban J connectivity index is 0.000000185. The number of hydrogen-bond donors (Lipinski definition) is 3. The van der Waals surface area contributed by atoms with Crippen LogP contribution in [0.5, 0.6) is 5.75 Å². The van der Waals surface area contributed by atoms with E-state index in [1.165, 1.54) is 0 Å². The lowest BCUT2D eigenvalue weighted by Gasteiger charge is -2.16. The number of benzene rings is 1. The van der Waals surface area contributed by atoms with Crippen molar-refractivity contribution in [3.63, 3.8) is 0 Å². The van der Waals surface area contributed by atoms with Gasteiger partial charge in [0.05, 0.1) is 18.4 Å². The summed E-state index contributed by atoms with van der Waals surface area (Å²) in [7, 11) is 1.55. The molecule has 1 unspecified atom stereocenters. The van der Waals surface area contributed by atoms with Crippen LogP contribution in [0.2, 0.25) is 0 Å². The van der Waals surface area contributed by atoms with Gasteiger partial charge in [-0.05, 0) is 31.9 Å².